The third-order valence-corrected chi connectivity index (χ3v) is 3.44. The molecule has 0 N–H and O–H groups in total. The zero-order chi connectivity index (χ0) is 9.84. The van der Waals surface area contributed by atoms with Gasteiger partial charge in [-0.2, -0.15) is 0 Å². The maximum atomic E-state index is 5.98. The van der Waals surface area contributed by atoms with Crippen molar-refractivity contribution < 1.29 is 0 Å². The Labute approximate surface area is 86.8 Å². The molecule has 0 radical (unpaired) electrons. The van der Waals surface area contributed by atoms with Crippen molar-refractivity contribution in [3.05, 3.63) is 0 Å². The molecule has 0 saturated carbocycles. The maximum absolute atomic E-state index is 5.98. The third kappa shape index (κ3) is 3.12. The van der Waals surface area contributed by atoms with Gasteiger partial charge in [0.05, 0.1) is 0 Å². The predicted molar refractivity (Wildman–Crippen MR) is 58.4 cm³/mol. The second kappa shape index (κ2) is 5.18. The molecule has 2 nitrogen and oxygen atoms in total. The number of hydrogen-bond acceptors (Lipinski definition) is 2. The van der Waals surface area contributed by atoms with Crippen LogP contribution in [0.4, 0.5) is 0 Å². The van der Waals surface area contributed by atoms with E-state index in [1.54, 1.807) is 0 Å². The van der Waals surface area contributed by atoms with E-state index in [2.05, 4.69) is 30.9 Å². The summed E-state index contributed by atoms with van der Waals surface area (Å²) < 4.78 is 0. The lowest BCUT2D eigenvalue weighted by molar-refractivity contribution is 0.143. The first-order valence-electron chi connectivity index (χ1n) is 5.06. The second-order valence-electron chi connectivity index (χ2n) is 4.33. The highest BCUT2D eigenvalue weighted by Gasteiger charge is 2.25. The fourth-order valence-electron chi connectivity index (χ4n) is 2.10. The van der Waals surface area contributed by atoms with Crippen molar-refractivity contribution in [3.8, 4) is 0 Å². The van der Waals surface area contributed by atoms with E-state index in [4.69, 9.17) is 11.6 Å². The quantitative estimate of drug-likeness (QED) is 0.643. The average Bonchev–Trinajstić information content (AvgIpc) is 2.09. The summed E-state index contributed by atoms with van der Waals surface area (Å²) in [6.07, 6.45) is 2.60. The Morgan fingerprint density at radius 3 is 2.31 bits per heavy atom. The van der Waals surface area contributed by atoms with E-state index >= 15 is 0 Å². The Bertz CT molecular complexity index is 142. The SMILES string of the molecule is CN1CCC(C(CCl)N(C)C)CC1. The zero-order valence-corrected chi connectivity index (χ0v) is 9.72. The second-order valence-corrected chi connectivity index (χ2v) is 4.63. The number of likely N-dealkylation sites (tertiary alicyclic amines) is 1. The van der Waals surface area contributed by atoms with Crippen molar-refractivity contribution in [1.82, 2.24) is 9.80 Å². The summed E-state index contributed by atoms with van der Waals surface area (Å²) in [5.41, 5.74) is 0. The number of hydrogen-bond donors (Lipinski definition) is 0. The molecule has 1 heterocycles. The van der Waals surface area contributed by atoms with Crippen LogP contribution in [0.2, 0.25) is 0 Å². The van der Waals surface area contributed by atoms with Gasteiger partial charge in [0.15, 0.2) is 0 Å². The van der Waals surface area contributed by atoms with E-state index < -0.39 is 0 Å². The van der Waals surface area contributed by atoms with E-state index in [0.717, 1.165) is 11.8 Å². The molecule has 1 aliphatic heterocycles. The molecule has 1 atom stereocenters. The highest BCUT2D eigenvalue weighted by Crippen LogP contribution is 2.22. The fraction of sp³-hybridized carbons (Fsp3) is 1.00. The Kier molecular flexibility index (Phi) is 4.50. The Morgan fingerprint density at radius 2 is 1.92 bits per heavy atom. The summed E-state index contributed by atoms with van der Waals surface area (Å²) >= 11 is 5.98. The van der Waals surface area contributed by atoms with Crippen LogP contribution in [0.25, 0.3) is 0 Å². The van der Waals surface area contributed by atoms with Gasteiger partial charge in [-0.3, -0.25) is 0 Å². The van der Waals surface area contributed by atoms with Gasteiger partial charge in [0.25, 0.3) is 0 Å². The minimum Gasteiger partial charge on any atom is -0.306 e. The Morgan fingerprint density at radius 1 is 1.38 bits per heavy atom. The van der Waals surface area contributed by atoms with E-state index in [-0.39, 0.29) is 0 Å². The van der Waals surface area contributed by atoms with Crippen LogP contribution in [-0.2, 0) is 0 Å². The van der Waals surface area contributed by atoms with Gasteiger partial charge in [-0.25, -0.2) is 0 Å². The summed E-state index contributed by atoms with van der Waals surface area (Å²) in [7, 11) is 6.46. The number of halogens is 1. The summed E-state index contributed by atoms with van der Waals surface area (Å²) in [5, 5.41) is 0. The van der Waals surface area contributed by atoms with Crippen LogP contribution in [0.15, 0.2) is 0 Å². The molecule has 1 aliphatic rings. The molecule has 0 bridgehead atoms. The lowest BCUT2D eigenvalue weighted by Crippen LogP contribution is -2.42. The van der Waals surface area contributed by atoms with Crippen LogP contribution in [0, 0.1) is 5.92 Å². The molecule has 1 rings (SSSR count). The van der Waals surface area contributed by atoms with Gasteiger partial charge in [0.1, 0.15) is 0 Å². The largest absolute Gasteiger partial charge is 0.306 e. The van der Waals surface area contributed by atoms with Crippen molar-refractivity contribution in [2.75, 3.05) is 40.1 Å². The fourth-order valence-corrected chi connectivity index (χ4v) is 2.63. The van der Waals surface area contributed by atoms with Gasteiger partial charge < -0.3 is 9.80 Å². The van der Waals surface area contributed by atoms with Crippen LogP contribution < -0.4 is 0 Å². The Balaban J connectivity index is 2.41. The number of alkyl halides is 1. The van der Waals surface area contributed by atoms with Crippen molar-refractivity contribution in [2.24, 2.45) is 5.92 Å². The van der Waals surface area contributed by atoms with E-state index in [1.165, 1.54) is 25.9 Å². The summed E-state index contributed by atoms with van der Waals surface area (Å²) in [6.45, 7) is 2.46. The molecule has 0 spiro atoms. The van der Waals surface area contributed by atoms with Crippen LogP contribution in [0.3, 0.4) is 0 Å². The standard InChI is InChI=1S/C10H21ClN2/c1-12(2)10(8-11)9-4-6-13(3)7-5-9/h9-10H,4-8H2,1-3H3. The van der Waals surface area contributed by atoms with Crippen molar-refractivity contribution in [3.63, 3.8) is 0 Å². The normalized spacial score (nSPS) is 23.8. The van der Waals surface area contributed by atoms with Crippen LogP contribution in [-0.4, -0.2) is 56.0 Å². The van der Waals surface area contributed by atoms with Gasteiger partial charge >= 0.3 is 0 Å². The summed E-state index contributed by atoms with van der Waals surface area (Å²) in [6, 6.07) is 0.565. The molecule has 0 aromatic heterocycles. The summed E-state index contributed by atoms with van der Waals surface area (Å²) in [4.78, 5) is 4.67. The van der Waals surface area contributed by atoms with Crippen LogP contribution in [0.5, 0.6) is 0 Å². The molecular weight excluding hydrogens is 184 g/mol. The first-order valence-corrected chi connectivity index (χ1v) is 5.59. The van der Waals surface area contributed by atoms with Crippen LogP contribution in [0.1, 0.15) is 12.8 Å². The smallest absolute Gasteiger partial charge is 0.0382 e. The lowest BCUT2D eigenvalue weighted by Gasteiger charge is -2.36. The first kappa shape index (κ1) is 11.3. The number of piperidine rings is 1. The third-order valence-electron chi connectivity index (χ3n) is 3.13. The molecule has 0 aliphatic carbocycles. The number of nitrogens with zero attached hydrogens (tertiary/aromatic N) is 2. The van der Waals surface area contributed by atoms with Crippen molar-refractivity contribution in [2.45, 2.75) is 18.9 Å². The monoisotopic (exact) mass is 204 g/mol. The first-order chi connectivity index (χ1) is 6.15. The molecular formula is C10H21ClN2. The molecule has 0 amide bonds. The Hall–Kier alpha value is 0.210. The van der Waals surface area contributed by atoms with Crippen LogP contribution >= 0.6 is 11.6 Å². The molecule has 0 aromatic rings. The minimum absolute atomic E-state index is 0.565. The molecule has 78 valence electrons. The lowest BCUT2D eigenvalue weighted by atomic mass is 9.90. The van der Waals surface area contributed by atoms with Crippen molar-refractivity contribution in [1.29, 1.82) is 0 Å². The average molecular weight is 205 g/mol. The molecule has 13 heavy (non-hydrogen) atoms. The topological polar surface area (TPSA) is 6.48 Å². The van der Waals surface area contributed by atoms with Gasteiger partial charge in [0, 0.05) is 11.9 Å². The molecule has 1 saturated heterocycles. The molecule has 3 heteroatoms. The number of rotatable bonds is 3. The maximum Gasteiger partial charge on any atom is 0.0382 e. The van der Waals surface area contributed by atoms with Gasteiger partial charge in [-0.1, -0.05) is 0 Å². The summed E-state index contributed by atoms with van der Waals surface area (Å²) in [5.74, 6) is 1.56. The van der Waals surface area contributed by atoms with E-state index in [0.29, 0.717) is 6.04 Å². The highest BCUT2D eigenvalue weighted by molar-refractivity contribution is 6.18. The highest BCUT2D eigenvalue weighted by atomic mass is 35.5. The molecule has 0 aromatic carbocycles. The van der Waals surface area contributed by atoms with Gasteiger partial charge in [0.2, 0.25) is 0 Å². The van der Waals surface area contributed by atoms with Gasteiger partial charge in [-0.05, 0) is 53.0 Å². The molecule has 1 fully saturated rings. The minimum atomic E-state index is 0.565. The van der Waals surface area contributed by atoms with Gasteiger partial charge in [-0.15, -0.1) is 11.6 Å². The predicted octanol–water partition coefficient (Wildman–Crippen LogP) is 1.50. The van der Waals surface area contributed by atoms with E-state index in [1.807, 2.05) is 0 Å². The zero-order valence-electron chi connectivity index (χ0n) is 8.96. The van der Waals surface area contributed by atoms with Crippen molar-refractivity contribution >= 4 is 11.6 Å². The molecule has 1 unspecified atom stereocenters. The van der Waals surface area contributed by atoms with E-state index in [9.17, 15) is 0 Å².